The lowest BCUT2D eigenvalue weighted by molar-refractivity contribution is 0.231. The van der Waals surface area contributed by atoms with Crippen molar-refractivity contribution >= 4 is 29.0 Å². The van der Waals surface area contributed by atoms with Crippen LogP contribution in [0, 0.1) is 0 Å². The summed E-state index contributed by atoms with van der Waals surface area (Å²) in [6.45, 7) is 1.16. The van der Waals surface area contributed by atoms with Crippen molar-refractivity contribution in [2.24, 2.45) is 0 Å². The van der Waals surface area contributed by atoms with Crippen LogP contribution >= 0.6 is 22.9 Å². The van der Waals surface area contributed by atoms with E-state index in [2.05, 4.69) is 20.7 Å². The Balaban J connectivity index is 1.47. The summed E-state index contributed by atoms with van der Waals surface area (Å²) >= 11 is 7.31. The highest BCUT2D eigenvalue weighted by atomic mass is 35.5. The van der Waals surface area contributed by atoms with Gasteiger partial charge in [-0.05, 0) is 18.6 Å². The number of fused-ring (bicyclic) bond motifs is 1. The van der Waals surface area contributed by atoms with Crippen molar-refractivity contribution < 1.29 is 4.79 Å². The maximum atomic E-state index is 11.8. The lowest BCUT2D eigenvalue weighted by Crippen LogP contribution is -2.45. The smallest absolute Gasteiger partial charge is 0.315 e. The molecule has 6 nitrogen and oxygen atoms in total. The Kier molecular flexibility index (Phi) is 3.88. The summed E-state index contributed by atoms with van der Waals surface area (Å²) in [4.78, 5) is 17.0. The molecule has 3 rings (SSSR count). The van der Waals surface area contributed by atoms with E-state index in [4.69, 9.17) is 11.6 Å². The van der Waals surface area contributed by atoms with Crippen molar-refractivity contribution in [2.75, 3.05) is 0 Å². The molecule has 2 aromatic rings. The third-order valence-corrected chi connectivity index (χ3v) is 4.42. The fraction of sp³-hybridized carbons (Fsp3) is 0.417. The zero-order valence-electron chi connectivity index (χ0n) is 10.7. The minimum Gasteiger partial charge on any atom is -0.334 e. The van der Waals surface area contributed by atoms with E-state index in [0.29, 0.717) is 13.1 Å². The topological polar surface area (TPSA) is 71.8 Å². The van der Waals surface area contributed by atoms with Crippen LogP contribution in [0.4, 0.5) is 4.79 Å². The van der Waals surface area contributed by atoms with Gasteiger partial charge < -0.3 is 10.6 Å². The molecule has 2 aromatic heterocycles. The molecule has 0 aromatic carbocycles. The normalized spacial score (nSPS) is 17.6. The number of halogens is 1. The van der Waals surface area contributed by atoms with Gasteiger partial charge in [0.1, 0.15) is 12.2 Å². The van der Waals surface area contributed by atoms with Gasteiger partial charge in [-0.15, -0.1) is 11.3 Å². The third-order valence-electron chi connectivity index (χ3n) is 3.19. The number of hydrogen-bond acceptors (Lipinski definition) is 4. The maximum Gasteiger partial charge on any atom is 0.315 e. The fourth-order valence-corrected chi connectivity index (χ4v) is 3.23. The van der Waals surface area contributed by atoms with Gasteiger partial charge in [-0.2, -0.15) is 5.10 Å². The molecule has 106 valence electrons. The Labute approximate surface area is 125 Å². The van der Waals surface area contributed by atoms with Crippen LogP contribution in [0.1, 0.15) is 17.1 Å². The molecule has 20 heavy (non-hydrogen) atoms. The zero-order valence-corrected chi connectivity index (χ0v) is 12.2. The van der Waals surface area contributed by atoms with E-state index in [9.17, 15) is 4.79 Å². The fourth-order valence-electron chi connectivity index (χ4n) is 2.21. The van der Waals surface area contributed by atoms with E-state index in [0.717, 1.165) is 27.9 Å². The van der Waals surface area contributed by atoms with Crippen LogP contribution < -0.4 is 10.6 Å². The number of carbonyl (C=O) groups is 1. The molecule has 0 saturated heterocycles. The van der Waals surface area contributed by atoms with Gasteiger partial charge in [0.25, 0.3) is 0 Å². The predicted octanol–water partition coefficient (Wildman–Crippen LogP) is 1.81. The van der Waals surface area contributed by atoms with Gasteiger partial charge in [-0.25, -0.2) is 14.5 Å². The molecule has 2 amide bonds. The first-order chi connectivity index (χ1) is 9.70. The van der Waals surface area contributed by atoms with Crippen LogP contribution in [0.15, 0.2) is 18.5 Å². The van der Waals surface area contributed by atoms with E-state index < -0.39 is 0 Å². The molecule has 0 aliphatic carbocycles. The Hall–Kier alpha value is -1.60. The first kappa shape index (κ1) is 13.4. The van der Waals surface area contributed by atoms with E-state index in [1.54, 1.807) is 6.33 Å². The molecule has 8 heteroatoms. The van der Waals surface area contributed by atoms with Gasteiger partial charge in [-0.1, -0.05) is 11.6 Å². The van der Waals surface area contributed by atoms with Gasteiger partial charge in [-0.3, -0.25) is 0 Å². The van der Waals surface area contributed by atoms with E-state index in [1.165, 1.54) is 11.3 Å². The van der Waals surface area contributed by atoms with Crippen LogP contribution in [-0.4, -0.2) is 26.8 Å². The molecule has 1 aliphatic heterocycles. The summed E-state index contributed by atoms with van der Waals surface area (Å²) in [5, 5.41) is 9.92. The number of aryl methyl sites for hydroxylation is 1. The Morgan fingerprint density at radius 2 is 2.45 bits per heavy atom. The number of hydrogen-bond donors (Lipinski definition) is 2. The molecule has 1 atom stereocenters. The van der Waals surface area contributed by atoms with Crippen molar-refractivity contribution in [1.29, 1.82) is 0 Å². The van der Waals surface area contributed by atoms with E-state index >= 15 is 0 Å². The zero-order chi connectivity index (χ0) is 13.9. The minimum absolute atomic E-state index is 0.0936. The number of thiophene rings is 1. The van der Waals surface area contributed by atoms with Crippen LogP contribution in [0.25, 0.3) is 0 Å². The summed E-state index contributed by atoms with van der Waals surface area (Å²) in [7, 11) is 0. The number of nitrogens with zero attached hydrogens (tertiary/aromatic N) is 3. The van der Waals surface area contributed by atoms with Gasteiger partial charge >= 0.3 is 6.03 Å². The van der Waals surface area contributed by atoms with Crippen LogP contribution in [0.5, 0.6) is 0 Å². The Morgan fingerprint density at radius 3 is 3.25 bits per heavy atom. The van der Waals surface area contributed by atoms with Crippen molar-refractivity contribution in [2.45, 2.75) is 32.0 Å². The third kappa shape index (κ3) is 3.10. The molecule has 0 unspecified atom stereocenters. The molecule has 0 spiro atoms. The summed E-state index contributed by atoms with van der Waals surface area (Å²) in [5.41, 5.74) is 0. The number of aromatic nitrogens is 3. The molecule has 3 heterocycles. The SMILES string of the molecule is O=C(NCc1ccc(Cl)s1)N[C@@H]1CCc2ncnn2C1. The van der Waals surface area contributed by atoms with Gasteiger partial charge in [0.2, 0.25) is 0 Å². The monoisotopic (exact) mass is 311 g/mol. The first-order valence-corrected chi connectivity index (χ1v) is 7.55. The number of amides is 2. The number of rotatable bonds is 3. The number of carbonyl (C=O) groups excluding carboxylic acids is 1. The summed E-state index contributed by atoms with van der Waals surface area (Å²) in [6, 6.07) is 3.67. The quantitative estimate of drug-likeness (QED) is 0.908. The van der Waals surface area contributed by atoms with Gasteiger partial charge in [0.15, 0.2) is 0 Å². The lowest BCUT2D eigenvalue weighted by Gasteiger charge is -2.23. The van der Waals surface area contributed by atoms with Crippen LogP contribution in [-0.2, 0) is 19.5 Å². The standard InChI is InChI=1S/C12H14ClN5OS/c13-10-3-2-9(20-10)5-14-12(19)17-8-1-4-11-15-7-16-18(11)6-8/h2-3,7-8H,1,4-6H2,(H2,14,17,19)/t8-/m1/s1. The van der Waals surface area contributed by atoms with Crippen molar-refractivity contribution in [3.05, 3.63) is 33.5 Å². The van der Waals surface area contributed by atoms with E-state index in [-0.39, 0.29) is 12.1 Å². The van der Waals surface area contributed by atoms with Crippen molar-refractivity contribution in [3.8, 4) is 0 Å². The summed E-state index contributed by atoms with van der Waals surface area (Å²) in [5.74, 6) is 0.983. The molecule has 0 bridgehead atoms. The summed E-state index contributed by atoms with van der Waals surface area (Å²) < 4.78 is 2.57. The number of urea groups is 1. The second-order valence-corrected chi connectivity index (χ2v) is 6.43. The molecule has 2 N–H and O–H groups in total. The lowest BCUT2D eigenvalue weighted by atomic mass is 10.1. The highest BCUT2D eigenvalue weighted by molar-refractivity contribution is 7.16. The largest absolute Gasteiger partial charge is 0.334 e. The van der Waals surface area contributed by atoms with Gasteiger partial charge in [0.05, 0.1) is 23.5 Å². The van der Waals surface area contributed by atoms with Crippen molar-refractivity contribution in [3.63, 3.8) is 0 Å². The minimum atomic E-state index is -0.164. The molecular formula is C12H14ClN5OS. The molecule has 0 radical (unpaired) electrons. The summed E-state index contributed by atoms with van der Waals surface area (Å²) in [6.07, 6.45) is 3.28. The van der Waals surface area contributed by atoms with Crippen LogP contribution in [0.2, 0.25) is 4.34 Å². The average Bonchev–Trinajstić information content (AvgIpc) is 3.04. The van der Waals surface area contributed by atoms with Crippen LogP contribution in [0.3, 0.4) is 0 Å². The number of nitrogens with one attached hydrogen (secondary N) is 2. The molecule has 0 saturated carbocycles. The predicted molar refractivity (Wildman–Crippen MR) is 76.8 cm³/mol. The highest BCUT2D eigenvalue weighted by Gasteiger charge is 2.21. The molecular weight excluding hydrogens is 298 g/mol. The Bertz CT molecular complexity index is 611. The molecule has 1 aliphatic rings. The maximum absolute atomic E-state index is 11.8. The first-order valence-electron chi connectivity index (χ1n) is 6.36. The second kappa shape index (κ2) is 5.80. The second-order valence-electron chi connectivity index (χ2n) is 4.63. The molecule has 0 fully saturated rings. The average molecular weight is 312 g/mol. The Morgan fingerprint density at radius 1 is 1.55 bits per heavy atom. The van der Waals surface area contributed by atoms with E-state index in [1.807, 2.05) is 16.8 Å². The highest BCUT2D eigenvalue weighted by Crippen LogP contribution is 2.21. The van der Waals surface area contributed by atoms with Crippen molar-refractivity contribution in [1.82, 2.24) is 25.4 Å². The van der Waals surface area contributed by atoms with Gasteiger partial charge in [0, 0.05) is 11.3 Å².